The lowest BCUT2D eigenvalue weighted by Crippen LogP contribution is -2.39. The Balaban J connectivity index is 1.61. The highest BCUT2D eigenvalue weighted by Gasteiger charge is 2.34. The van der Waals surface area contributed by atoms with E-state index >= 15 is 0 Å². The second-order valence-corrected chi connectivity index (χ2v) is 6.03. The zero-order chi connectivity index (χ0) is 14.8. The van der Waals surface area contributed by atoms with Crippen LogP contribution in [-0.4, -0.2) is 18.0 Å². The van der Waals surface area contributed by atoms with Crippen LogP contribution in [0, 0.1) is 23.1 Å². The van der Waals surface area contributed by atoms with Crippen molar-refractivity contribution in [3.05, 3.63) is 29.6 Å². The summed E-state index contributed by atoms with van der Waals surface area (Å²) in [5.41, 5.74) is 0.550. The molecule has 2 fully saturated rings. The van der Waals surface area contributed by atoms with Crippen molar-refractivity contribution in [2.24, 2.45) is 5.92 Å². The average Bonchev–Trinajstić information content (AvgIpc) is 2.80. The number of nitrogens with one attached hydrogen (secondary N) is 2. The molecular weight excluding hydrogens is 269 g/mol. The van der Waals surface area contributed by atoms with Crippen LogP contribution in [0.15, 0.2) is 18.2 Å². The number of rotatable bonds is 3. The number of fused-ring (bicyclic) bond motifs is 2. The Kier molecular flexibility index (Phi) is 3.89. The van der Waals surface area contributed by atoms with Crippen molar-refractivity contribution >= 4 is 11.6 Å². The van der Waals surface area contributed by atoms with Crippen molar-refractivity contribution in [1.29, 1.82) is 5.26 Å². The van der Waals surface area contributed by atoms with Crippen molar-refractivity contribution in [1.82, 2.24) is 5.32 Å². The molecule has 2 aliphatic rings. The van der Waals surface area contributed by atoms with Gasteiger partial charge >= 0.3 is 0 Å². The number of hydrogen-bond acceptors (Lipinski definition) is 3. The highest BCUT2D eigenvalue weighted by molar-refractivity contribution is 5.92. The molecular formula is C16H18FN3O. The number of amides is 1. The summed E-state index contributed by atoms with van der Waals surface area (Å²) in [6, 6.07) is 6.85. The lowest BCUT2D eigenvalue weighted by Gasteiger charge is -2.28. The first-order chi connectivity index (χ1) is 10.1. The standard InChI is InChI=1S/C16H18FN3O/c17-12-1-4-15(11(8-12)9-18)20-16(21)7-10-5-13-2-3-14(6-10)19-13/h1,4,8,10,13-14,19H,2-3,5-7H2,(H,20,21). The van der Waals surface area contributed by atoms with E-state index in [1.54, 1.807) is 0 Å². The van der Waals surface area contributed by atoms with E-state index in [9.17, 15) is 9.18 Å². The van der Waals surface area contributed by atoms with E-state index in [4.69, 9.17) is 5.26 Å². The molecule has 1 amide bonds. The molecule has 1 aromatic rings. The molecule has 21 heavy (non-hydrogen) atoms. The maximum Gasteiger partial charge on any atom is 0.224 e. The number of carbonyl (C=O) groups excluding carboxylic acids is 1. The number of piperidine rings is 1. The quantitative estimate of drug-likeness (QED) is 0.898. The van der Waals surface area contributed by atoms with E-state index in [-0.39, 0.29) is 11.5 Å². The second-order valence-electron chi connectivity index (χ2n) is 6.03. The molecule has 5 heteroatoms. The van der Waals surface area contributed by atoms with Gasteiger partial charge in [0.05, 0.1) is 11.3 Å². The Labute approximate surface area is 123 Å². The molecule has 0 radical (unpaired) electrons. The van der Waals surface area contributed by atoms with E-state index in [1.807, 2.05) is 6.07 Å². The van der Waals surface area contributed by atoms with E-state index in [1.165, 1.54) is 25.0 Å². The fraction of sp³-hybridized carbons (Fsp3) is 0.500. The van der Waals surface area contributed by atoms with Crippen LogP contribution in [0.1, 0.15) is 37.7 Å². The van der Waals surface area contributed by atoms with Gasteiger partial charge in [-0.2, -0.15) is 5.26 Å². The van der Waals surface area contributed by atoms with Crippen LogP contribution in [0.2, 0.25) is 0 Å². The van der Waals surface area contributed by atoms with Gasteiger partial charge < -0.3 is 10.6 Å². The van der Waals surface area contributed by atoms with Crippen LogP contribution in [0.5, 0.6) is 0 Å². The first-order valence-electron chi connectivity index (χ1n) is 7.39. The number of halogens is 1. The topological polar surface area (TPSA) is 64.9 Å². The zero-order valence-corrected chi connectivity index (χ0v) is 11.7. The molecule has 0 saturated carbocycles. The van der Waals surface area contributed by atoms with Gasteiger partial charge in [0.25, 0.3) is 0 Å². The third-order valence-corrected chi connectivity index (χ3v) is 4.42. The number of nitrogens with zero attached hydrogens (tertiary/aromatic N) is 1. The lowest BCUT2D eigenvalue weighted by molar-refractivity contribution is -0.117. The van der Waals surface area contributed by atoms with Gasteiger partial charge in [0.2, 0.25) is 5.91 Å². The maximum atomic E-state index is 13.1. The van der Waals surface area contributed by atoms with E-state index < -0.39 is 5.82 Å². The Hall–Kier alpha value is -1.93. The molecule has 4 nitrogen and oxygen atoms in total. The van der Waals surface area contributed by atoms with Crippen molar-refractivity contribution in [3.63, 3.8) is 0 Å². The second kappa shape index (κ2) is 5.82. The monoisotopic (exact) mass is 287 g/mol. The van der Waals surface area contributed by atoms with Crippen LogP contribution in [0.3, 0.4) is 0 Å². The zero-order valence-electron chi connectivity index (χ0n) is 11.7. The van der Waals surface area contributed by atoms with Crippen LogP contribution < -0.4 is 10.6 Å². The normalized spacial score (nSPS) is 27.1. The van der Waals surface area contributed by atoms with Crippen molar-refractivity contribution in [3.8, 4) is 6.07 Å². The number of carbonyl (C=O) groups is 1. The number of anilines is 1. The third-order valence-electron chi connectivity index (χ3n) is 4.42. The maximum absolute atomic E-state index is 13.1. The highest BCUT2D eigenvalue weighted by atomic mass is 19.1. The minimum atomic E-state index is -0.473. The first kappa shape index (κ1) is 14.0. The fourth-order valence-corrected chi connectivity index (χ4v) is 3.52. The predicted molar refractivity (Wildman–Crippen MR) is 77.0 cm³/mol. The average molecular weight is 287 g/mol. The lowest BCUT2D eigenvalue weighted by atomic mass is 9.89. The smallest absolute Gasteiger partial charge is 0.224 e. The molecule has 0 aromatic heterocycles. The Morgan fingerprint density at radius 3 is 2.76 bits per heavy atom. The fourth-order valence-electron chi connectivity index (χ4n) is 3.52. The van der Waals surface area contributed by atoms with Gasteiger partial charge in [-0.25, -0.2) is 4.39 Å². The van der Waals surface area contributed by atoms with Gasteiger partial charge in [0.15, 0.2) is 0 Å². The van der Waals surface area contributed by atoms with Crippen LogP contribution in [0.4, 0.5) is 10.1 Å². The van der Waals surface area contributed by atoms with Gasteiger partial charge in [-0.15, -0.1) is 0 Å². The number of benzene rings is 1. The summed E-state index contributed by atoms with van der Waals surface area (Å²) >= 11 is 0. The molecule has 3 rings (SSSR count). The number of nitriles is 1. The van der Waals surface area contributed by atoms with Crippen LogP contribution in [0.25, 0.3) is 0 Å². The van der Waals surface area contributed by atoms with Gasteiger partial charge in [-0.1, -0.05) is 0 Å². The van der Waals surface area contributed by atoms with E-state index in [2.05, 4.69) is 10.6 Å². The van der Waals surface area contributed by atoms with Gasteiger partial charge in [-0.05, 0) is 49.8 Å². The van der Waals surface area contributed by atoms with Crippen molar-refractivity contribution < 1.29 is 9.18 Å². The van der Waals surface area contributed by atoms with Gasteiger partial charge in [0.1, 0.15) is 11.9 Å². The molecule has 1 aromatic carbocycles. The summed E-state index contributed by atoms with van der Waals surface area (Å²) in [6.07, 6.45) is 4.96. The summed E-state index contributed by atoms with van der Waals surface area (Å²) < 4.78 is 13.1. The summed E-state index contributed by atoms with van der Waals surface area (Å²) in [7, 11) is 0. The van der Waals surface area contributed by atoms with Gasteiger partial charge in [-0.3, -0.25) is 4.79 Å². The Morgan fingerprint density at radius 1 is 1.38 bits per heavy atom. The van der Waals surface area contributed by atoms with Gasteiger partial charge in [0, 0.05) is 18.5 Å². The SMILES string of the molecule is N#Cc1cc(F)ccc1NC(=O)CC1CC2CCC(C1)N2. The molecule has 2 bridgehead atoms. The highest BCUT2D eigenvalue weighted by Crippen LogP contribution is 2.32. The summed E-state index contributed by atoms with van der Waals surface area (Å²) in [5, 5.41) is 15.3. The van der Waals surface area contributed by atoms with E-state index in [0.29, 0.717) is 30.1 Å². The summed E-state index contributed by atoms with van der Waals surface area (Å²) in [6.45, 7) is 0. The molecule has 2 heterocycles. The number of hydrogen-bond donors (Lipinski definition) is 2. The molecule has 2 atom stereocenters. The first-order valence-corrected chi connectivity index (χ1v) is 7.39. The minimum Gasteiger partial charge on any atom is -0.325 e. The molecule has 0 spiro atoms. The largest absolute Gasteiger partial charge is 0.325 e. The molecule has 2 unspecified atom stereocenters. The molecule has 110 valence electrons. The third kappa shape index (κ3) is 3.22. The summed E-state index contributed by atoms with van der Waals surface area (Å²) in [4.78, 5) is 12.1. The Morgan fingerprint density at radius 2 is 2.10 bits per heavy atom. The van der Waals surface area contributed by atoms with Crippen molar-refractivity contribution in [2.75, 3.05) is 5.32 Å². The summed E-state index contributed by atoms with van der Waals surface area (Å²) in [5.74, 6) is -0.168. The predicted octanol–water partition coefficient (Wildman–Crippen LogP) is 2.56. The van der Waals surface area contributed by atoms with E-state index in [0.717, 1.165) is 18.9 Å². The van der Waals surface area contributed by atoms with Crippen LogP contribution in [-0.2, 0) is 4.79 Å². The van der Waals surface area contributed by atoms with Crippen molar-refractivity contribution in [2.45, 2.75) is 44.2 Å². The molecule has 2 aliphatic heterocycles. The Bertz CT molecular complexity index is 584. The minimum absolute atomic E-state index is 0.0931. The molecule has 2 N–H and O–H groups in total. The van der Waals surface area contributed by atoms with Crippen LogP contribution >= 0.6 is 0 Å². The molecule has 2 saturated heterocycles. The molecule has 0 aliphatic carbocycles.